The second kappa shape index (κ2) is 7.05. The highest BCUT2D eigenvalue weighted by Gasteiger charge is 2.20. The predicted octanol–water partition coefficient (Wildman–Crippen LogP) is 2.72. The third-order valence-electron chi connectivity index (χ3n) is 2.91. The third-order valence-corrected chi connectivity index (χ3v) is 3.24. The molecule has 0 saturated heterocycles. The van der Waals surface area contributed by atoms with Crippen molar-refractivity contribution in [2.45, 2.75) is 19.9 Å². The monoisotopic (exact) mass is 299 g/mol. The first-order valence-electron chi connectivity index (χ1n) is 5.98. The summed E-state index contributed by atoms with van der Waals surface area (Å²) in [5.41, 5.74) is 0.114. The summed E-state index contributed by atoms with van der Waals surface area (Å²) in [7, 11) is 0. The van der Waals surface area contributed by atoms with Crippen LogP contribution in [0.5, 0.6) is 0 Å². The van der Waals surface area contributed by atoms with Gasteiger partial charge in [-0.3, -0.25) is 9.59 Å². The SMILES string of the molecule is CC(NC(=O)/C=C/c1c(F)cccc1Cl)C(C)C(=O)O. The normalized spacial score (nSPS) is 14.0. The summed E-state index contributed by atoms with van der Waals surface area (Å²) in [6.45, 7) is 3.07. The molecule has 0 aliphatic rings. The number of hydrogen-bond donors (Lipinski definition) is 2. The average Bonchev–Trinajstić information content (AvgIpc) is 2.36. The zero-order valence-electron chi connectivity index (χ0n) is 11.1. The second-order valence-electron chi connectivity index (χ2n) is 4.39. The number of carboxylic acid groups (broad SMARTS) is 1. The quantitative estimate of drug-likeness (QED) is 0.822. The summed E-state index contributed by atoms with van der Waals surface area (Å²) < 4.78 is 13.5. The molecule has 0 radical (unpaired) electrons. The van der Waals surface area contributed by atoms with E-state index < -0.39 is 29.7 Å². The van der Waals surface area contributed by atoms with Crippen molar-refractivity contribution >= 4 is 29.6 Å². The van der Waals surface area contributed by atoms with E-state index in [1.54, 1.807) is 6.92 Å². The lowest BCUT2D eigenvalue weighted by atomic mass is 10.0. The van der Waals surface area contributed by atoms with Crippen LogP contribution < -0.4 is 5.32 Å². The number of benzene rings is 1. The minimum absolute atomic E-state index is 0.114. The minimum atomic E-state index is -1.00. The Labute approximate surface area is 121 Å². The van der Waals surface area contributed by atoms with Gasteiger partial charge in [0.05, 0.1) is 10.9 Å². The Morgan fingerprint density at radius 2 is 2.05 bits per heavy atom. The van der Waals surface area contributed by atoms with Gasteiger partial charge in [0.1, 0.15) is 5.82 Å². The van der Waals surface area contributed by atoms with Crippen LogP contribution in [0.2, 0.25) is 5.02 Å². The standard InChI is InChI=1S/C14H15ClFNO3/c1-8(14(19)20)9(2)17-13(18)7-6-10-11(15)4-3-5-12(10)16/h3-9H,1-2H3,(H,17,18)(H,19,20)/b7-6+. The molecule has 108 valence electrons. The van der Waals surface area contributed by atoms with Crippen molar-refractivity contribution in [3.8, 4) is 0 Å². The van der Waals surface area contributed by atoms with Crippen molar-refractivity contribution < 1.29 is 19.1 Å². The van der Waals surface area contributed by atoms with Crippen LogP contribution in [0.1, 0.15) is 19.4 Å². The zero-order chi connectivity index (χ0) is 15.3. The van der Waals surface area contributed by atoms with Crippen molar-refractivity contribution in [3.63, 3.8) is 0 Å². The molecule has 0 aliphatic heterocycles. The van der Waals surface area contributed by atoms with Crippen LogP contribution in [0.4, 0.5) is 4.39 Å². The number of hydrogen-bond acceptors (Lipinski definition) is 2. The summed E-state index contributed by atoms with van der Waals surface area (Å²) in [5.74, 6) is -2.76. The molecule has 0 spiro atoms. The molecule has 1 aromatic rings. The molecule has 6 heteroatoms. The van der Waals surface area contributed by atoms with Crippen LogP contribution in [0.25, 0.3) is 6.08 Å². The van der Waals surface area contributed by atoms with Gasteiger partial charge in [0.15, 0.2) is 0 Å². The maximum absolute atomic E-state index is 13.5. The number of rotatable bonds is 5. The molecular weight excluding hydrogens is 285 g/mol. The van der Waals surface area contributed by atoms with Crippen LogP contribution in [-0.4, -0.2) is 23.0 Å². The molecule has 1 aromatic carbocycles. The number of carbonyl (C=O) groups is 2. The summed E-state index contributed by atoms with van der Waals surface area (Å²) >= 11 is 5.81. The Kier molecular flexibility index (Phi) is 5.70. The molecule has 2 unspecified atom stereocenters. The molecule has 0 aromatic heterocycles. The first-order chi connectivity index (χ1) is 9.32. The molecule has 4 nitrogen and oxygen atoms in total. The first kappa shape index (κ1) is 16.2. The highest BCUT2D eigenvalue weighted by molar-refractivity contribution is 6.32. The molecule has 20 heavy (non-hydrogen) atoms. The van der Waals surface area contributed by atoms with Crippen molar-refractivity contribution in [2.75, 3.05) is 0 Å². The van der Waals surface area contributed by atoms with E-state index in [9.17, 15) is 14.0 Å². The van der Waals surface area contributed by atoms with Crippen LogP contribution in [0.3, 0.4) is 0 Å². The molecule has 0 fully saturated rings. The molecule has 0 bridgehead atoms. The fraction of sp³-hybridized carbons (Fsp3) is 0.286. The summed E-state index contributed by atoms with van der Waals surface area (Å²) in [6, 6.07) is 3.67. The number of carbonyl (C=O) groups excluding carboxylic acids is 1. The highest BCUT2D eigenvalue weighted by Crippen LogP contribution is 2.20. The fourth-order valence-electron chi connectivity index (χ4n) is 1.44. The van der Waals surface area contributed by atoms with Crippen molar-refractivity contribution in [3.05, 3.63) is 40.7 Å². The Bertz CT molecular complexity index is 525. The van der Waals surface area contributed by atoms with Gasteiger partial charge in [0.25, 0.3) is 0 Å². The molecular formula is C14H15ClFNO3. The van der Waals surface area contributed by atoms with Crippen molar-refractivity contribution in [1.82, 2.24) is 5.32 Å². The highest BCUT2D eigenvalue weighted by atomic mass is 35.5. The Balaban J connectivity index is 2.71. The van der Waals surface area contributed by atoms with Crippen LogP contribution in [0.15, 0.2) is 24.3 Å². The Morgan fingerprint density at radius 1 is 1.40 bits per heavy atom. The number of aliphatic carboxylic acids is 1. The Hall–Kier alpha value is -1.88. The van der Waals surface area contributed by atoms with E-state index in [2.05, 4.69) is 5.32 Å². The van der Waals surface area contributed by atoms with Gasteiger partial charge in [-0.25, -0.2) is 4.39 Å². The lowest BCUT2D eigenvalue weighted by Gasteiger charge is -2.16. The second-order valence-corrected chi connectivity index (χ2v) is 4.80. The summed E-state index contributed by atoms with van der Waals surface area (Å²) in [6.07, 6.45) is 2.38. The van der Waals surface area contributed by atoms with Crippen LogP contribution in [-0.2, 0) is 9.59 Å². The number of amides is 1. The molecule has 1 rings (SSSR count). The minimum Gasteiger partial charge on any atom is -0.481 e. The van der Waals surface area contributed by atoms with Gasteiger partial charge >= 0.3 is 5.97 Å². The van der Waals surface area contributed by atoms with Gasteiger partial charge in [0.2, 0.25) is 5.91 Å². The molecule has 0 saturated carbocycles. The maximum atomic E-state index is 13.5. The zero-order valence-corrected chi connectivity index (χ0v) is 11.8. The topological polar surface area (TPSA) is 66.4 Å². The van der Waals surface area contributed by atoms with Crippen LogP contribution in [0, 0.1) is 11.7 Å². The van der Waals surface area contributed by atoms with E-state index in [1.807, 2.05) is 0 Å². The number of nitrogens with one attached hydrogen (secondary N) is 1. The van der Waals surface area contributed by atoms with Gasteiger partial charge in [-0.2, -0.15) is 0 Å². The lowest BCUT2D eigenvalue weighted by Crippen LogP contribution is -2.39. The molecule has 2 atom stereocenters. The van der Waals surface area contributed by atoms with Crippen molar-refractivity contribution in [2.24, 2.45) is 5.92 Å². The fourth-order valence-corrected chi connectivity index (χ4v) is 1.67. The van der Waals surface area contributed by atoms with Gasteiger partial charge in [-0.15, -0.1) is 0 Å². The molecule has 1 amide bonds. The average molecular weight is 300 g/mol. The van der Waals surface area contributed by atoms with E-state index in [-0.39, 0.29) is 10.6 Å². The first-order valence-corrected chi connectivity index (χ1v) is 6.36. The van der Waals surface area contributed by atoms with E-state index in [1.165, 1.54) is 31.2 Å². The summed E-state index contributed by atoms with van der Waals surface area (Å²) in [5, 5.41) is 11.5. The van der Waals surface area contributed by atoms with Gasteiger partial charge in [-0.1, -0.05) is 17.7 Å². The van der Waals surface area contributed by atoms with Gasteiger partial charge < -0.3 is 10.4 Å². The smallest absolute Gasteiger partial charge is 0.308 e. The van der Waals surface area contributed by atoms with E-state index >= 15 is 0 Å². The Morgan fingerprint density at radius 3 is 2.60 bits per heavy atom. The predicted molar refractivity (Wildman–Crippen MR) is 74.8 cm³/mol. The van der Waals surface area contributed by atoms with E-state index in [0.717, 1.165) is 6.08 Å². The van der Waals surface area contributed by atoms with E-state index in [0.29, 0.717) is 0 Å². The van der Waals surface area contributed by atoms with Crippen LogP contribution >= 0.6 is 11.6 Å². The van der Waals surface area contributed by atoms with Gasteiger partial charge in [-0.05, 0) is 32.1 Å². The lowest BCUT2D eigenvalue weighted by molar-refractivity contribution is -0.142. The molecule has 0 aliphatic carbocycles. The van der Waals surface area contributed by atoms with Gasteiger partial charge in [0, 0.05) is 17.7 Å². The maximum Gasteiger partial charge on any atom is 0.308 e. The van der Waals surface area contributed by atoms with E-state index in [4.69, 9.17) is 16.7 Å². The number of halogens is 2. The third kappa shape index (κ3) is 4.35. The molecule has 2 N–H and O–H groups in total. The largest absolute Gasteiger partial charge is 0.481 e. The molecule has 0 heterocycles. The summed E-state index contributed by atoms with van der Waals surface area (Å²) in [4.78, 5) is 22.4. The van der Waals surface area contributed by atoms with Crippen molar-refractivity contribution in [1.29, 1.82) is 0 Å². The number of carboxylic acids is 1.